The van der Waals surface area contributed by atoms with Crippen LogP contribution in [0.5, 0.6) is 0 Å². The molecule has 1 fully saturated rings. The van der Waals surface area contributed by atoms with Crippen LogP contribution in [0.1, 0.15) is 31.7 Å². The van der Waals surface area contributed by atoms with Crippen LogP contribution in [0, 0.1) is 11.6 Å². The number of nitrogens with zero attached hydrogens (tertiary/aromatic N) is 2. The van der Waals surface area contributed by atoms with Gasteiger partial charge in [0.15, 0.2) is 5.82 Å². The third-order valence-corrected chi connectivity index (χ3v) is 5.20. The first-order valence-corrected chi connectivity index (χ1v) is 8.06. The number of hydrogen-bond acceptors (Lipinski definition) is 3. The Balaban J connectivity index is 2.17. The molecule has 1 aliphatic carbocycles. The molecule has 1 aromatic heterocycles. The number of halogens is 2. The van der Waals surface area contributed by atoms with E-state index in [1.54, 1.807) is 11.8 Å². The largest absolute Gasteiger partial charge is 0.369 e. The van der Waals surface area contributed by atoms with Crippen molar-refractivity contribution in [3.63, 3.8) is 0 Å². The summed E-state index contributed by atoms with van der Waals surface area (Å²) in [4.78, 5) is 4.09. The number of fused-ring (bicyclic) bond motifs is 1. The minimum atomic E-state index is -0.651. The smallest absolute Gasteiger partial charge is 0.201 e. The van der Waals surface area contributed by atoms with Crippen molar-refractivity contribution >= 4 is 28.7 Å². The first-order chi connectivity index (χ1) is 9.61. The van der Waals surface area contributed by atoms with E-state index < -0.39 is 11.6 Å². The number of aromatic nitrogens is 2. The number of benzene rings is 1. The highest BCUT2D eigenvalue weighted by Gasteiger charge is 2.29. The predicted octanol–water partition coefficient (Wildman–Crippen LogP) is 3.74. The Bertz CT molecular complexity index is 641. The average molecular weight is 297 g/mol. The van der Waals surface area contributed by atoms with Gasteiger partial charge < -0.3 is 10.3 Å². The van der Waals surface area contributed by atoms with Crippen LogP contribution in [-0.2, 0) is 0 Å². The molecule has 1 aromatic carbocycles. The van der Waals surface area contributed by atoms with Gasteiger partial charge in [-0.15, -0.1) is 0 Å². The molecule has 2 N–H and O–H groups in total. The van der Waals surface area contributed by atoms with Crippen molar-refractivity contribution in [3.05, 3.63) is 23.8 Å². The van der Waals surface area contributed by atoms with Crippen LogP contribution in [0.3, 0.4) is 0 Å². The molecule has 1 heterocycles. The minimum Gasteiger partial charge on any atom is -0.369 e. The third-order valence-electron chi connectivity index (χ3n) is 4.04. The maximum absolute atomic E-state index is 13.8. The zero-order valence-corrected chi connectivity index (χ0v) is 12.1. The monoisotopic (exact) mass is 297 g/mol. The molecular weight excluding hydrogens is 280 g/mol. The number of anilines is 1. The van der Waals surface area contributed by atoms with E-state index in [0.29, 0.717) is 10.8 Å². The molecule has 0 saturated heterocycles. The van der Waals surface area contributed by atoms with Crippen LogP contribution in [0.15, 0.2) is 12.1 Å². The summed E-state index contributed by atoms with van der Waals surface area (Å²) in [6.45, 7) is 0. The van der Waals surface area contributed by atoms with Gasteiger partial charge in [-0.05, 0) is 19.1 Å². The summed E-state index contributed by atoms with van der Waals surface area (Å²) in [5.74, 6) is -0.968. The molecule has 6 heteroatoms. The molecule has 2 atom stereocenters. The van der Waals surface area contributed by atoms with Crippen LogP contribution < -0.4 is 5.73 Å². The van der Waals surface area contributed by atoms with Crippen molar-refractivity contribution in [2.24, 2.45) is 0 Å². The quantitative estimate of drug-likeness (QED) is 0.918. The van der Waals surface area contributed by atoms with Crippen molar-refractivity contribution in [1.29, 1.82) is 0 Å². The van der Waals surface area contributed by atoms with Gasteiger partial charge in [0.05, 0.1) is 5.52 Å². The number of hydrogen-bond donors (Lipinski definition) is 1. The topological polar surface area (TPSA) is 43.8 Å². The van der Waals surface area contributed by atoms with Crippen molar-refractivity contribution in [2.45, 2.75) is 37.0 Å². The van der Waals surface area contributed by atoms with Gasteiger partial charge in [-0.3, -0.25) is 0 Å². The molecule has 108 valence electrons. The van der Waals surface area contributed by atoms with Gasteiger partial charge in [-0.2, -0.15) is 11.8 Å². The number of imidazole rings is 1. The van der Waals surface area contributed by atoms with E-state index >= 15 is 0 Å². The van der Waals surface area contributed by atoms with Gasteiger partial charge in [0.25, 0.3) is 0 Å². The first kappa shape index (κ1) is 13.7. The Labute approximate surface area is 120 Å². The number of nitrogen functional groups attached to an aromatic ring is 1. The SMILES string of the molecule is CSC1CCCCC1n1c(N)nc2c(F)cc(F)cc21. The fourth-order valence-corrected chi connectivity index (χ4v) is 4.11. The molecule has 0 aliphatic heterocycles. The van der Waals surface area contributed by atoms with Crippen molar-refractivity contribution in [1.82, 2.24) is 9.55 Å². The highest BCUT2D eigenvalue weighted by Crippen LogP contribution is 2.39. The second kappa shape index (κ2) is 5.24. The van der Waals surface area contributed by atoms with Gasteiger partial charge in [-0.25, -0.2) is 13.8 Å². The number of thioether (sulfide) groups is 1. The maximum atomic E-state index is 13.8. The van der Waals surface area contributed by atoms with Crippen LogP contribution in [-0.4, -0.2) is 21.1 Å². The summed E-state index contributed by atoms with van der Waals surface area (Å²) in [6, 6.07) is 2.34. The summed E-state index contributed by atoms with van der Waals surface area (Å²) in [5.41, 5.74) is 6.60. The predicted molar refractivity (Wildman–Crippen MR) is 78.9 cm³/mol. The Morgan fingerprint density at radius 2 is 2.05 bits per heavy atom. The van der Waals surface area contributed by atoms with Gasteiger partial charge in [-0.1, -0.05) is 12.8 Å². The van der Waals surface area contributed by atoms with E-state index in [4.69, 9.17) is 5.73 Å². The van der Waals surface area contributed by atoms with E-state index in [9.17, 15) is 8.78 Å². The van der Waals surface area contributed by atoms with E-state index in [2.05, 4.69) is 11.2 Å². The fraction of sp³-hybridized carbons (Fsp3) is 0.500. The molecule has 3 nitrogen and oxygen atoms in total. The zero-order chi connectivity index (χ0) is 14.3. The van der Waals surface area contributed by atoms with E-state index in [-0.39, 0.29) is 17.5 Å². The number of rotatable bonds is 2. The molecule has 3 rings (SSSR count). The normalized spacial score (nSPS) is 23.4. The van der Waals surface area contributed by atoms with Crippen molar-refractivity contribution in [3.8, 4) is 0 Å². The van der Waals surface area contributed by atoms with Gasteiger partial charge in [0.2, 0.25) is 5.95 Å². The van der Waals surface area contributed by atoms with Crippen LogP contribution >= 0.6 is 11.8 Å². The van der Waals surface area contributed by atoms with Crippen LogP contribution in [0.25, 0.3) is 11.0 Å². The van der Waals surface area contributed by atoms with Crippen molar-refractivity contribution in [2.75, 3.05) is 12.0 Å². The van der Waals surface area contributed by atoms with Gasteiger partial charge in [0.1, 0.15) is 11.3 Å². The molecule has 1 aliphatic rings. The first-order valence-electron chi connectivity index (χ1n) is 6.77. The summed E-state index contributed by atoms with van der Waals surface area (Å²) in [5, 5.41) is 0.412. The van der Waals surface area contributed by atoms with Crippen molar-refractivity contribution < 1.29 is 8.78 Å². The van der Waals surface area contributed by atoms with Crippen LogP contribution in [0.2, 0.25) is 0 Å². The number of nitrogens with two attached hydrogens (primary N) is 1. The average Bonchev–Trinajstić information content (AvgIpc) is 2.75. The molecule has 0 amide bonds. The zero-order valence-electron chi connectivity index (χ0n) is 11.3. The Morgan fingerprint density at radius 3 is 2.80 bits per heavy atom. The molecule has 0 spiro atoms. The summed E-state index contributed by atoms with van der Waals surface area (Å²) in [7, 11) is 0. The lowest BCUT2D eigenvalue weighted by Gasteiger charge is -2.32. The lowest BCUT2D eigenvalue weighted by Crippen LogP contribution is -2.26. The second-order valence-corrected chi connectivity index (χ2v) is 6.30. The standard InChI is InChI=1S/C14H17F2N3S/c1-20-12-5-3-2-4-10(12)19-11-7-8(15)6-9(16)13(11)18-14(19)17/h6-7,10,12H,2-5H2,1H3,(H2,17,18). The molecule has 0 bridgehead atoms. The Hall–Kier alpha value is -1.30. The minimum absolute atomic E-state index is 0.157. The summed E-state index contributed by atoms with van der Waals surface area (Å²) >= 11 is 1.79. The highest BCUT2D eigenvalue weighted by atomic mass is 32.2. The van der Waals surface area contributed by atoms with Gasteiger partial charge >= 0.3 is 0 Å². The molecule has 1 saturated carbocycles. The van der Waals surface area contributed by atoms with E-state index in [1.807, 2.05) is 4.57 Å². The van der Waals surface area contributed by atoms with Gasteiger partial charge in [0, 0.05) is 23.4 Å². The second-order valence-electron chi connectivity index (χ2n) is 5.22. The van der Waals surface area contributed by atoms with Crippen LogP contribution in [0.4, 0.5) is 14.7 Å². The Kier molecular flexibility index (Phi) is 3.58. The highest BCUT2D eigenvalue weighted by molar-refractivity contribution is 7.99. The van der Waals surface area contributed by atoms with E-state index in [0.717, 1.165) is 25.3 Å². The lowest BCUT2D eigenvalue weighted by atomic mass is 9.94. The lowest BCUT2D eigenvalue weighted by molar-refractivity contribution is 0.374. The third kappa shape index (κ3) is 2.16. The molecule has 20 heavy (non-hydrogen) atoms. The summed E-state index contributed by atoms with van der Waals surface area (Å²) < 4.78 is 29.1. The van der Waals surface area contributed by atoms with E-state index in [1.165, 1.54) is 12.5 Å². The Morgan fingerprint density at radius 1 is 1.30 bits per heavy atom. The molecule has 2 unspecified atom stereocenters. The fourth-order valence-electron chi connectivity index (χ4n) is 3.13. The molecular formula is C14H17F2N3S. The maximum Gasteiger partial charge on any atom is 0.201 e. The molecule has 0 radical (unpaired) electrons. The summed E-state index contributed by atoms with van der Waals surface area (Å²) in [6.07, 6.45) is 6.44. The molecule has 2 aromatic rings.